The normalized spacial score (nSPS) is 21.7. The fraction of sp³-hybridized carbons (Fsp3) is 0.727. The lowest BCUT2D eigenvalue weighted by atomic mass is 10.2. The Morgan fingerprint density at radius 1 is 1.32 bits per heavy atom. The van der Waals surface area contributed by atoms with Gasteiger partial charge in [0.2, 0.25) is 0 Å². The molecule has 0 aliphatic carbocycles. The van der Waals surface area contributed by atoms with Gasteiger partial charge in [-0.25, -0.2) is 9.59 Å². The monoisotopic (exact) mass is 274 g/mol. The predicted octanol–water partition coefficient (Wildman–Crippen LogP) is -0.519. The van der Waals surface area contributed by atoms with E-state index >= 15 is 0 Å². The Labute approximate surface area is 110 Å². The third-order valence-electron chi connectivity index (χ3n) is 2.57. The van der Waals surface area contributed by atoms with E-state index in [9.17, 15) is 14.4 Å². The molecule has 0 radical (unpaired) electrons. The molecule has 0 bridgehead atoms. The van der Waals surface area contributed by atoms with Gasteiger partial charge in [-0.05, 0) is 19.8 Å². The second kappa shape index (κ2) is 7.57. The molecule has 0 aromatic heterocycles. The molecule has 2 unspecified atom stereocenters. The highest BCUT2D eigenvalue weighted by atomic mass is 16.5. The molecule has 1 saturated heterocycles. The topological polar surface area (TPSA) is 114 Å². The second-order valence-electron chi connectivity index (χ2n) is 4.03. The van der Waals surface area contributed by atoms with Crippen molar-refractivity contribution in [2.45, 2.75) is 32.0 Å². The number of aliphatic carboxylic acids is 1. The van der Waals surface area contributed by atoms with Gasteiger partial charge in [-0.1, -0.05) is 0 Å². The standard InChI is InChI=1S/C11H18N2O6/c1-2-18-9(14)6-13-11(17)12-5-7-3-4-8(19-7)10(15)16/h7-8H,2-6H2,1H3,(H,15,16)(H2,12,13,17). The van der Waals surface area contributed by atoms with Crippen molar-refractivity contribution >= 4 is 18.0 Å². The summed E-state index contributed by atoms with van der Waals surface area (Å²) in [5, 5.41) is 13.6. The first-order valence-corrected chi connectivity index (χ1v) is 6.08. The highest BCUT2D eigenvalue weighted by Crippen LogP contribution is 2.18. The van der Waals surface area contributed by atoms with Crippen LogP contribution in [0.1, 0.15) is 19.8 Å². The maximum atomic E-state index is 11.3. The summed E-state index contributed by atoms with van der Waals surface area (Å²) >= 11 is 0. The van der Waals surface area contributed by atoms with Crippen LogP contribution in [0.2, 0.25) is 0 Å². The van der Waals surface area contributed by atoms with Crippen molar-refractivity contribution < 1.29 is 29.0 Å². The number of ether oxygens (including phenoxy) is 2. The number of hydrogen-bond acceptors (Lipinski definition) is 5. The minimum atomic E-state index is -0.991. The molecule has 19 heavy (non-hydrogen) atoms. The summed E-state index contributed by atoms with van der Waals surface area (Å²) in [5.74, 6) is -1.50. The Balaban J connectivity index is 2.14. The highest BCUT2D eigenvalue weighted by Gasteiger charge is 2.30. The molecular formula is C11H18N2O6. The third kappa shape index (κ3) is 5.56. The molecule has 8 heteroatoms. The van der Waals surface area contributed by atoms with Gasteiger partial charge in [-0.3, -0.25) is 4.79 Å². The van der Waals surface area contributed by atoms with Crippen molar-refractivity contribution in [3.63, 3.8) is 0 Å². The second-order valence-corrected chi connectivity index (χ2v) is 4.03. The number of hydrogen-bond donors (Lipinski definition) is 3. The number of urea groups is 1. The van der Waals surface area contributed by atoms with Crippen LogP contribution in [0.5, 0.6) is 0 Å². The average Bonchev–Trinajstić information content (AvgIpc) is 2.83. The zero-order valence-electron chi connectivity index (χ0n) is 10.7. The van der Waals surface area contributed by atoms with E-state index in [1.807, 2.05) is 0 Å². The van der Waals surface area contributed by atoms with E-state index in [1.165, 1.54) is 0 Å². The average molecular weight is 274 g/mol. The molecule has 3 N–H and O–H groups in total. The minimum absolute atomic E-state index is 0.205. The third-order valence-corrected chi connectivity index (χ3v) is 2.57. The van der Waals surface area contributed by atoms with Crippen LogP contribution in [0.15, 0.2) is 0 Å². The smallest absolute Gasteiger partial charge is 0.332 e. The summed E-state index contributed by atoms with van der Waals surface area (Å²) in [5.41, 5.74) is 0. The van der Waals surface area contributed by atoms with Crippen LogP contribution in [0.3, 0.4) is 0 Å². The number of nitrogens with one attached hydrogen (secondary N) is 2. The first-order valence-electron chi connectivity index (χ1n) is 6.08. The summed E-state index contributed by atoms with van der Waals surface area (Å²) in [6.45, 7) is 1.93. The van der Waals surface area contributed by atoms with Gasteiger partial charge in [0, 0.05) is 6.54 Å². The molecule has 1 aliphatic heterocycles. The summed E-state index contributed by atoms with van der Waals surface area (Å²) in [6.07, 6.45) is -0.0924. The van der Waals surface area contributed by atoms with Crippen molar-refractivity contribution in [1.29, 1.82) is 0 Å². The van der Waals surface area contributed by atoms with Crippen molar-refractivity contribution in [3.05, 3.63) is 0 Å². The van der Waals surface area contributed by atoms with Gasteiger partial charge in [-0.15, -0.1) is 0 Å². The minimum Gasteiger partial charge on any atom is -0.479 e. The highest BCUT2D eigenvalue weighted by molar-refractivity contribution is 5.80. The van der Waals surface area contributed by atoms with Crippen LogP contribution in [0.4, 0.5) is 4.79 Å². The van der Waals surface area contributed by atoms with Gasteiger partial charge in [0.15, 0.2) is 6.10 Å². The molecule has 2 atom stereocenters. The molecule has 2 amide bonds. The molecule has 0 spiro atoms. The van der Waals surface area contributed by atoms with Crippen molar-refractivity contribution in [3.8, 4) is 0 Å². The maximum absolute atomic E-state index is 11.3. The number of carboxylic acids is 1. The zero-order valence-corrected chi connectivity index (χ0v) is 10.7. The quantitative estimate of drug-likeness (QED) is 0.562. The zero-order chi connectivity index (χ0) is 14.3. The molecule has 1 heterocycles. The lowest BCUT2D eigenvalue weighted by molar-refractivity contribution is -0.149. The Bertz CT molecular complexity index is 346. The van der Waals surface area contributed by atoms with Crippen molar-refractivity contribution in [1.82, 2.24) is 10.6 Å². The molecule has 108 valence electrons. The summed E-state index contributed by atoms with van der Waals surface area (Å²) in [7, 11) is 0. The van der Waals surface area contributed by atoms with Gasteiger partial charge in [0.1, 0.15) is 6.54 Å². The lowest BCUT2D eigenvalue weighted by Gasteiger charge is -2.12. The van der Waals surface area contributed by atoms with Crippen LogP contribution >= 0.6 is 0 Å². The number of carbonyl (C=O) groups is 3. The Morgan fingerprint density at radius 2 is 2.05 bits per heavy atom. The van der Waals surface area contributed by atoms with E-state index in [0.29, 0.717) is 12.8 Å². The van der Waals surface area contributed by atoms with E-state index in [0.717, 1.165) is 0 Å². The van der Waals surface area contributed by atoms with Crippen LogP contribution in [-0.2, 0) is 19.1 Å². The molecule has 1 aliphatic rings. The Morgan fingerprint density at radius 3 is 2.63 bits per heavy atom. The number of amides is 2. The summed E-state index contributed by atoms with van der Waals surface area (Å²) < 4.78 is 9.84. The first-order chi connectivity index (χ1) is 9.02. The lowest BCUT2D eigenvalue weighted by Crippen LogP contribution is -2.42. The van der Waals surface area contributed by atoms with E-state index in [1.54, 1.807) is 6.92 Å². The Kier molecular flexibility index (Phi) is 6.07. The SMILES string of the molecule is CCOC(=O)CNC(=O)NCC1CCC(C(=O)O)O1. The number of esters is 1. The van der Waals surface area contributed by atoms with Gasteiger partial charge >= 0.3 is 18.0 Å². The van der Waals surface area contributed by atoms with Gasteiger partial charge in [0.25, 0.3) is 0 Å². The van der Waals surface area contributed by atoms with Gasteiger partial charge < -0.3 is 25.2 Å². The molecule has 0 aromatic rings. The fourth-order valence-electron chi connectivity index (χ4n) is 1.67. The van der Waals surface area contributed by atoms with Crippen LogP contribution in [0, 0.1) is 0 Å². The van der Waals surface area contributed by atoms with Crippen LogP contribution in [-0.4, -0.2) is 55.0 Å². The van der Waals surface area contributed by atoms with Crippen LogP contribution in [0.25, 0.3) is 0 Å². The molecule has 1 fully saturated rings. The number of rotatable bonds is 6. The molecular weight excluding hydrogens is 256 g/mol. The Hall–Kier alpha value is -1.83. The predicted molar refractivity (Wildman–Crippen MR) is 63.6 cm³/mol. The fourth-order valence-corrected chi connectivity index (χ4v) is 1.67. The number of carboxylic acid groups (broad SMARTS) is 1. The van der Waals surface area contributed by atoms with Gasteiger partial charge in [0.05, 0.1) is 12.7 Å². The van der Waals surface area contributed by atoms with E-state index < -0.39 is 24.1 Å². The first kappa shape index (κ1) is 15.2. The summed E-state index contributed by atoms with van der Waals surface area (Å²) in [4.78, 5) is 32.9. The largest absolute Gasteiger partial charge is 0.479 e. The van der Waals surface area contributed by atoms with Crippen molar-refractivity contribution in [2.24, 2.45) is 0 Å². The van der Waals surface area contributed by atoms with Crippen LogP contribution < -0.4 is 10.6 Å². The van der Waals surface area contributed by atoms with Crippen molar-refractivity contribution in [2.75, 3.05) is 19.7 Å². The molecule has 0 aromatic carbocycles. The van der Waals surface area contributed by atoms with E-state index in [-0.39, 0.29) is 25.8 Å². The maximum Gasteiger partial charge on any atom is 0.332 e. The van der Waals surface area contributed by atoms with E-state index in [4.69, 9.17) is 9.84 Å². The molecule has 0 saturated carbocycles. The van der Waals surface area contributed by atoms with Gasteiger partial charge in [-0.2, -0.15) is 0 Å². The summed E-state index contributed by atoms with van der Waals surface area (Å²) in [6, 6.07) is -0.518. The molecule has 8 nitrogen and oxygen atoms in total. The molecule has 1 rings (SSSR count). The number of carbonyl (C=O) groups excluding carboxylic acids is 2. The van der Waals surface area contributed by atoms with E-state index in [2.05, 4.69) is 15.4 Å².